The van der Waals surface area contributed by atoms with Crippen LogP contribution in [-0.2, 0) is 4.79 Å². The van der Waals surface area contributed by atoms with E-state index >= 15 is 0 Å². The number of hydrogen-bond acceptors (Lipinski definition) is 4. The average molecular weight is 374 g/mol. The maximum atomic E-state index is 12.3. The van der Waals surface area contributed by atoms with Crippen LogP contribution in [-0.4, -0.2) is 48.6 Å². The van der Waals surface area contributed by atoms with Crippen molar-refractivity contribution in [3.05, 3.63) is 59.1 Å². The Kier molecular flexibility index (Phi) is 6.01. The van der Waals surface area contributed by atoms with Crippen LogP contribution in [0.15, 0.2) is 48.5 Å². The van der Waals surface area contributed by atoms with Crippen molar-refractivity contribution in [1.29, 1.82) is 0 Å². The van der Waals surface area contributed by atoms with Crippen molar-refractivity contribution in [1.82, 2.24) is 10.2 Å². The number of halogens is 1. The van der Waals surface area contributed by atoms with Crippen LogP contribution < -0.4 is 10.2 Å². The van der Waals surface area contributed by atoms with Crippen LogP contribution in [0.25, 0.3) is 0 Å². The summed E-state index contributed by atoms with van der Waals surface area (Å²) in [5.74, 6) is 0.310. The van der Waals surface area contributed by atoms with Crippen molar-refractivity contribution in [2.75, 3.05) is 37.6 Å². The summed E-state index contributed by atoms with van der Waals surface area (Å²) in [5.41, 5.74) is 2.14. The van der Waals surface area contributed by atoms with Crippen molar-refractivity contribution in [2.24, 2.45) is 0 Å². The molecular weight excluding hydrogens is 350 g/mol. The van der Waals surface area contributed by atoms with Gasteiger partial charge in [-0.1, -0.05) is 23.7 Å². The molecule has 5 nitrogen and oxygen atoms in total. The fourth-order valence-corrected chi connectivity index (χ4v) is 3.28. The number of hydrogen-bond donors (Lipinski definition) is 2. The number of nitrogens with one attached hydrogen (secondary N) is 1. The van der Waals surface area contributed by atoms with Gasteiger partial charge in [-0.2, -0.15) is 0 Å². The number of phenolic OH excluding ortho intramolecular Hbond substituents is 1. The summed E-state index contributed by atoms with van der Waals surface area (Å²) < 4.78 is 0. The number of benzene rings is 2. The van der Waals surface area contributed by atoms with Crippen LogP contribution in [0, 0.1) is 0 Å². The predicted octanol–water partition coefficient (Wildman–Crippen LogP) is 3.05. The van der Waals surface area contributed by atoms with Gasteiger partial charge in [-0.3, -0.25) is 9.69 Å². The zero-order chi connectivity index (χ0) is 18.5. The molecule has 1 saturated heterocycles. The molecule has 1 aliphatic rings. The Labute approximate surface area is 159 Å². The maximum absolute atomic E-state index is 12.3. The number of rotatable bonds is 5. The quantitative estimate of drug-likeness (QED) is 0.845. The van der Waals surface area contributed by atoms with E-state index in [-0.39, 0.29) is 17.7 Å². The molecule has 3 rings (SSSR count). The molecule has 0 saturated carbocycles. The van der Waals surface area contributed by atoms with Crippen molar-refractivity contribution < 1.29 is 9.90 Å². The van der Waals surface area contributed by atoms with E-state index in [2.05, 4.69) is 15.1 Å². The maximum Gasteiger partial charge on any atom is 0.234 e. The SMILES string of the molecule is C[C@H](NC(=O)CN1CCN(c2ccc(O)cc2)CC1)c1ccc(Cl)cc1. The monoisotopic (exact) mass is 373 g/mol. The third-order valence-corrected chi connectivity index (χ3v) is 4.95. The first-order valence-electron chi connectivity index (χ1n) is 8.82. The number of amides is 1. The Morgan fingerprint density at radius 2 is 1.69 bits per heavy atom. The minimum absolute atomic E-state index is 0.0329. The lowest BCUT2D eigenvalue weighted by atomic mass is 10.1. The van der Waals surface area contributed by atoms with E-state index in [0.717, 1.165) is 37.4 Å². The summed E-state index contributed by atoms with van der Waals surface area (Å²) in [4.78, 5) is 16.8. The smallest absolute Gasteiger partial charge is 0.234 e. The minimum Gasteiger partial charge on any atom is -0.508 e. The van der Waals surface area contributed by atoms with Crippen molar-refractivity contribution in [3.8, 4) is 5.75 Å². The van der Waals surface area contributed by atoms with Crippen LogP contribution >= 0.6 is 11.6 Å². The van der Waals surface area contributed by atoms with Gasteiger partial charge in [0.1, 0.15) is 5.75 Å². The second-order valence-corrected chi connectivity index (χ2v) is 7.06. The Balaban J connectivity index is 1.45. The highest BCUT2D eigenvalue weighted by atomic mass is 35.5. The fraction of sp³-hybridized carbons (Fsp3) is 0.350. The topological polar surface area (TPSA) is 55.8 Å². The molecule has 1 aliphatic heterocycles. The van der Waals surface area contributed by atoms with Gasteiger partial charge in [0.2, 0.25) is 5.91 Å². The van der Waals surface area contributed by atoms with E-state index in [1.807, 2.05) is 43.3 Å². The molecule has 0 spiro atoms. The third-order valence-electron chi connectivity index (χ3n) is 4.70. The number of piperazine rings is 1. The molecule has 0 unspecified atom stereocenters. The number of aromatic hydroxyl groups is 1. The van der Waals surface area contributed by atoms with Gasteiger partial charge in [0, 0.05) is 36.9 Å². The number of carbonyl (C=O) groups excluding carboxylic acids is 1. The number of phenols is 1. The fourth-order valence-electron chi connectivity index (χ4n) is 3.15. The second kappa shape index (κ2) is 8.43. The summed E-state index contributed by atoms with van der Waals surface area (Å²) in [6.07, 6.45) is 0. The minimum atomic E-state index is -0.0435. The highest BCUT2D eigenvalue weighted by Gasteiger charge is 2.20. The van der Waals surface area contributed by atoms with E-state index < -0.39 is 0 Å². The Bertz CT molecular complexity index is 726. The second-order valence-electron chi connectivity index (χ2n) is 6.62. The van der Waals surface area contributed by atoms with Gasteiger partial charge in [0.15, 0.2) is 0 Å². The number of carbonyl (C=O) groups is 1. The lowest BCUT2D eigenvalue weighted by molar-refractivity contribution is -0.123. The number of anilines is 1. The molecule has 6 heteroatoms. The summed E-state index contributed by atoms with van der Waals surface area (Å²) in [7, 11) is 0. The van der Waals surface area contributed by atoms with E-state index in [1.54, 1.807) is 12.1 Å². The summed E-state index contributed by atoms with van der Waals surface area (Å²) >= 11 is 5.90. The first kappa shape index (κ1) is 18.5. The van der Waals surface area contributed by atoms with Crippen LogP contribution in [0.5, 0.6) is 5.75 Å². The van der Waals surface area contributed by atoms with Crippen LogP contribution in [0.4, 0.5) is 5.69 Å². The van der Waals surface area contributed by atoms with E-state index in [0.29, 0.717) is 11.6 Å². The van der Waals surface area contributed by atoms with Crippen molar-refractivity contribution >= 4 is 23.2 Å². The molecule has 1 amide bonds. The largest absolute Gasteiger partial charge is 0.508 e. The zero-order valence-electron chi connectivity index (χ0n) is 14.9. The molecule has 1 atom stereocenters. The molecule has 1 heterocycles. The van der Waals surface area contributed by atoms with Gasteiger partial charge in [-0.05, 0) is 48.9 Å². The van der Waals surface area contributed by atoms with Gasteiger partial charge in [0.25, 0.3) is 0 Å². The molecule has 2 aromatic rings. The first-order valence-corrected chi connectivity index (χ1v) is 9.20. The normalized spacial score (nSPS) is 16.3. The van der Waals surface area contributed by atoms with E-state index in [4.69, 9.17) is 11.6 Å². The highest BCUT2D eigenvalue weighted by Crippen LogP contribution is 2.20. The Morgan fingerprint density at radius 1 is 1.08 bits per heavy atom. The average Bonchev–Trinajstić information content (AvgIpc) is 2.63. The predicted molar refractivity (Wildman–Crippen MR) is 105 cm³/mol. The molecule has 0 bridgehead atoms. The third kappa shape index (κ3) is 4.90. The molecule has 1 fully saturated rings. The molecule has 2 aromatic carbocycles. The van der Waals surface area contributed by atoms with Gasteiger partial charge in [0.05, 0.1) is 12.6 Å². The van der Waals surface area contributed by atoms with Gasteiger partial charge >= 0.3 is 0 Å². The van der Waals surface area contributed by atoms with Crippen LogP contribution in [0.2, 0.25) is 5.02 Å². The Hall–Kier alpha value is -2.24. The Morgan fingerprint density at radius 3 is 2.31 bits per heavy atom. The van der Waals surface area contributed by atoms with Gasteiger partial charge in [-0.15, -0.1) is 0 Å². The molecule has 0 aromatic heterocycles. The van der Waals surface area contributed by atoms with Gasteiger partial charge < -0.3 is 15.3 Å². The van der Waals surface area contributed by atoms with Crippen LogP contribution in [0.1, 0.15) is 18.5 Å². The van der Waals surface area contributed by atoms with E-state index in [9.17, 15) is 9.90 Å². The summed E-state index contributed by atoms with van der Waals surface area (Å²) in [5, 5.41) is 13.1. The molecule has 138 valence electrons. The molecule has 2 N–H and O–H groups in total. The molecular formula is C20H24ClN3O2. The molecule has 0 aliphatic carbocycles. The summed E-state index contributed by atoms with van der Waals surface area (Å²) in [6, 6.07) is 14.7. The van der Waals surface area contributed by atoms with Crippen molar-refractivity contribution in [2.45, 2.75) is 13.0 Å². The molecule has 26 heavy (non-hydrogen) atoms. The summed E-state index contributed by atoms with van der Waals surface area (Å²) in [6.45, 7) is 5.79. The zero-order valence-corrected chi connectivity index (χ0v) is 15.6. The first-order chi connectivity index (χ1) is 12.5. The standard InChI is InChI=1S/C20H24ClN3O2/c1-15(16-2-4-17(21)5-3-16)22-20(26)14-23-10-12-24(13-11-23)18-6-8-19(25)9-7-18/h2-9,15,25H,10-14H2,1H3,(H,22,26)/t15-/m0/s1. The van der Waals surface area contributed by atoms with Crippen molar-refractivity contribution in [3.63, 3.8) is 0 Å². The lowest BCUT2D eigenvalue weighted by Gasteiger charge is -2.35. The highest BCUT2D eigenvalue weighted by molar-refractivity contribution is 6.30. The van der Waals surface area contributed by atoms with Gasteiger partial charge in [-0.25, -0.2) is 0 Å². The van der Waals surface area contributed by atoms with Crippen LogP contribution in [0.3, 0.4) is 0 Å². The molecule has 0 radical (unpaired) electrons. The lowest BCUT2D eigenvalue weighted by Crippen LogP contribution is -2.49. The van der Waals surface area contributed by atoms with E-state index in [1.165, 1.54) is 0 Å². The number of nitrogens with zero attached hydrogens (tertiary/aromatic N) is 2.